The van der Waals surface area contributed by atoms with Crippen LogP contribution in [0.1, 0.15) is 50.3 Å². The van der Waals surface area contributed by atoms with Gasteiger partial charge in [0.15, 0.2) is 0 Å². The molecule has 1 fully saturated rings. The molecule has 5 nitrogen and oxygen atoms in total. The van der Waals surface area contributed by atoms with Gasteiger partial charge in [-0.15, -0.1) is 0 Å². The lowest BCUT2D eigenvalue weighted by atomic mass is 10.0. The Balaban J connectivity index is 1.37. The number of nitrogens with zero attached hydrogens (tertiary/aromatic N) is 3. The first-order chi connectivity index (χ1) is 16.6. The molecule has 1 N–H and O–H groups in total. The van der Waals surface area contributed by atoms with Crippen LogP contribution < -0.4 is 5.32 Å². The van der Waals surface area contributed by atoms with Crippen LogP contribution in [0.2, 0.25) is 0 Å². The first-order valence-electron chi connectivity index (χ1n) is 11.9. The zero-order valence-corrected chi connectivity index (χ0v) is 20.3. The third kappa shape index (κ3) is 5.93. The van der Waals surface area contributed by atoms with Crippen molar-refractivity contribution in [1.29, 1.82) is 0 Å². The van der Waals surface area contributed by atoms with Crippen LogP contribution in [-0.2, 0) is 12.7 Å². The molecule has 2 heterocycles. The minimum Gasteiger partial charge on any atom is -0.317 e. The molecule has 0 saturated carbocycles. The lowest BCUT2D eigenvalue weighted by molar-refractivity contribution is -0.137. The van der Waals surface area contributed by atoms with Crippen LogP contribution in [0, 0.1) is 0 Å². The second-order valence-corrected chi connectivity index (χ2v) is 9.44. The van der Waals surface area contributed by atoms with Gasteiger partial charge < -0.3 is 10.2 Å². The van der Waals surface area contributed by atoms with E-state index in [9.17, 15) is 18.0 Å². The maximum absolute atomic E-state index is 12.9. The second kappa shape index (κ2) is 10.2. The number of hydrogen-bond donors (Lipinski definition) is 1. The van der Waals surface area contributed by atoms with Crippen LogP contribution in [0.25, 0.3) is 0 Å². The Hall–Kier alpha value is -3.13. The number of para-hydroxylation sites is 1. The highest BCUT2D eigenvalue weighted by Crippen LogP contribution is 2.30. The van der Waals surface area contributed by atoms with E-state index in [1.807, 2.05) is 43.9 Å². The number of urea groups is 1. The van der Waals surface area contributed by atoms with Gasteiger partial charge >= 0.3 is 12.2 Å². The average molecular weight is 485 g/mol. The lowest BCUT2D eigenvalue weighted by Gasteiger charge is -2.40. The minimum absolute atomic E-state index is 0.0381. The van der Waals surface area contributed by atoms with Gasteiger partial charge in [-0.25, -0.2) is 4.79 Å². The molecule has 186 valence electrons. The summed E-state index contributed by atoms with van der Waals surface area (Å²) in [5.41, 5.74) is 4.72. The van der Waals surface area contributed by atoms with Crippen molar-refractivity contribution in [3.8, 4) is 0 Å². The second-order valence-electron chi connectivity index (χ2n) is 9.44. The molecule has 0 radical (unpaired) electrons. The van der Waals surface area contributed by atoms with Crippen molar-refractivity contribution in [2.75, 3.05) is 25.0 Å². The van der Waals surface area contributed by atoms with Crippen LogP contribution in [0.3, 0.4) is 0 Å². The molecule has 2 aliphatic heterocycles. The van der Waals surface area contributed by atoms with E-state index < -0.39 is 11.7 Å². The summed E-state index contributed by atoms with van der Waals surface area (Å²) in [6.07, 6.45) is -2.58. The van der Waals surface area contributed by atoms with Crippen molar-refractivity contribution in [3.05, 3.63) is 76.5 Å². The van der Waals surface area contributed by atoms with Crippen molar-refractivity contribution in [2.45, 2.75) is 52.4 Å². The van der Waals surface area contributed by atoms with E-state index in [1.54, 1.807) is 0 Å². The fourth-order valence-corrected chi connectivity index (χ4v) is 4.59. The molecule has 8 heteroatoms. The Morgan fingerprint density at radius 3 is 2.31 bits per heavy atom. The average Bonchev–Trinajstić information content (AvgIpc) is 2.83. The largest absolute Gasteiger partial charge is 0.416 e. The fourth-order valence-electron chi connectivity index (χ4n) is 4.59. The van der Waals surface area contributed by atoms with Gasteiger partial charge in [-0.05, 0) is 62.9 Å². The van der Waals surface area contributed by atoms with Crippen LogP contribution in [0.4, 0.5) is 23.7 Å². The summed E-state index contributed by atoms with van der Waals surface area (Å²) in [7, 11) is 0. The molecule has 0 unspecified atom stereocenters. The van der Waals surface area contributed by atoms with Crippen LogP contribution in [0.5, 0.6) is 0 Å². The quantitative estimate of drug-likeness (QED) is 0.505. The van der Waals surface area contributed by atoms with Crippen molar-refractivity contribution >= 4 is 17.4 Å². The summed E-state index contributed by atoms with van der Waals surface area (Å²) >= 11 is 0. The number of fused-ring (bicyclic) bond motifs is 1. The standard InChI is InChI=1S/C27H31F3N4O/c1-18(2)25(31-19(3)20-8-10-22(11-9-20)27(28,29)30)17-33-14-12-23(13-15-33)34-16-21-6-4-5-7-24(21)32-26(34)35/h4-11,23H,12-17H2,1-3H3,(H,32,35). The van der Waals surface area contributed by atoms with Gasteiger partial charge in [-0.1, -0.05) is 35.9 Å². The Morgan fingerprint density at radius 1 is 1.03 bits per heavy atom. The molecule has 2 amide bonds. The summed E-state index contributed by atoms with van der Waals surface area (Å²) in [5.74, 6) is 0. The highest BCUT2D eigenvalue weighted by Gasteiger charge is 2.32. The van der Waals surface area contributed by atoms with Crippen LogP contribution >= 0.6 is 0 Å². The number of likely N-dealkylation sites (tertiary alicyclic amines) is 1. The number of alkyl halides is 3. The number of aliphatic imine (C=N–C) groups is 1. The zero-order chi connectivity index (χ0) is 25.2. The van der Waals surface area contributed by atoms with Gasteiger partial charge in [-0.3, -0.25) is 9.89 Å². The summed E-state index contributed by atoms with van der Waals surface area (Å²) < 4.78 is 38.6. The van der Waals surface area contributed by atoms with Gasteiger partial charge in [0.1, 0.15) is 0 Å². The molecule has 4 rings (SSSR count). The molecule has 35 heavy (non-hydrogen) atoms. The predicted octanol–water partition coefficient (Wildman–Crippen LogP) is 6.32. The fraction of sp³-hybridized carbons (Fsp3) is 0.407. The number of carbonyl (C=O) groups excluding carboxylic acids is 1. The number of allylic oxidation sites excluding steroid dienone is 1. The highest BCUT2D eigenvalue weighted by atomic mass is 19.4. The smallest absolute Gasteiger partial charge is 0.317 e. The SMILES string of the molecule is CC(=NC(CN1CCC(N2Cc3ccccc3NC2=O)CC1)=C(C)C)c1ccc(C(F)(F)F)cc1. The van der Waals surface area contributed by atoms with Crippen molar-refractivity contribution in [2.24, 2.45) is 4.99 Å². The molecule has 1 saturated heterocycles. The van der Waals surface area contributed by atoms with Crippen molar-refractivity contribution in [3.63, 3.8) is 0 Å². The number of anilines is 1. The van der Waals surface area contributed by atoms with E-state index in [4.69, 9.17) is 4.99 Å². The monoisotopic (exact) mass is 484 g/mol. The number of halogens is 3. The number of piperidine rings is 1. The summed E-state index contributed by atoms with van der Waals surface area (Å²) in [5, 5.41) is 3.00. The molecule has 0 atom stereocenters. The number of amides is 2. The third-order valence-electron chi connectivity index (χ3n) is 6.74. The molecule has 0 spiro atoms. The first-order valence-corrected chi connectivity index (χ1v) is 11.9. The minimum atomic E-state index is -4.35. The molecular weight excluding hydrogens is 453 g/mol. The Labute approximate surface area is 204 Å². The maximum Gasteiger partial charge on any atom is 0.416 e. The molecule has 0 aromatic heterocycles. The van der Waals surface area contributed by atoms with E-state index in [-0.39, 0.29) is 12.1 Å². The van der Waals surface area contributed by atoms with E-state index in [1.165, 1.54) is 12.1 Å². The van der Waals surface area contributed by atoms with E-state index >= 15 is 0 Å². The van der Waals surface area contributed by atoms with E-state index in [0.29, 0.717) is 24.4 Å². The zero-order valence-electron chi connectivity index (χ0n) is 20.3. The first kappa shape index (κ1) is 25.0. The molecular formula is C27H31F3N4O. The Kier molecular flexibility index (Phi) is 7.31. The van der Waals surface area contributed by atoms with Gasteiger partial charge in [0.2, 0.25) is 0 Å². The summed E-state index contributed by atoms with van der Waals surface area (Å²) in [6.45, 7) is 8.82. The lowest BCUT2D eigenvalue weighted by Crippen LogP contribution is -2.50. The number of rotatable bonds is 5. The van der Waals surface area contributed by atoms with E-state index in [0.717, 1.165) is 60.6 Å². The predicted molar refractivity (Wildman–Crippen MR) is 132 cm³/mol. The molecule has 0 aliphatic carbocycles. The Bertz CT molecular complexity index is 1130. The number of nitrogens with one attached hydrogen (secondary N) is 1. The van der Waals surface area contributed by atoms with Crippen molar-refractivity contribution < 1.29 is 18.0 Å². The van der Waals surface area contributed by atoms with Crippen LogP contribution in [0.15, 0.2) is 64.8 Å². The number of hydrogen-bond acceptors (Lipinski definition) is 3. The molecule has 2 aromatic carbocycles. The summed E-state index contributed by atoms with van der Waals surface area (Å²) in [6, 6.07) is 13.2. The molecule has 2 aromatic rings. The van der Waals surface area contributed by atoms with Gasteiger partial charge in [-0.2, -0.15) is 13.2 Å². The number of carbonyl (C=O) groups is 1. The van der Waals surface area contributed by atoms with Gasteiger partial charge in [0, 0.05) is 43.6 Å². The third-order valence-corrected chi connectivity index (χ3v) is 6.74. The van der Waals surface area contributed by atoms with Crippen LogP contribution in [-0.4, -0.2) is 47.2 Å². The van der Waals surface area contributed by atoms with Gasteiger partial charge in [0.05, 0.1) is 11.3 Å². The molecule has 2 aliphatic rings. The molecule has 0 bridgehead atoms. The van der Waals surface area contributed by atoms with Gasteiger partial charge in [0.25, 0.3) is 0 Å². The highest BCUT2D eigenvalue weighted by molar-refractivity contribution is 5.99. The Morgan fingerprint density at radius 2 is 1.69 bits per heavy atom. The topological polar surface area (TPSA) is 47.9 Å². The summed E-state index contributed by atoms with van der Waals surface area (Å²) in [4.78, 5) is 21.7. The number of benzene rings is 2. The van der Waals surface area contributed by atoms with E-state index in [2.05, 4.69) is 16.3 Å². The normalized spacial score (nSPS) is 17.7. The van der Waals surface area contributed by atoms with Crippen molar-refractivity contribution in [1.82, 2.24) is 9.80 Å². The maximum atomic E-state index is 12.9.